The molecule has 1 fully saturated rings. The van der Waals surface area contributed by atoms with Crippen LogP contribution in [0.1, 0.15) is 36.6 Å². The van der Waals surface area contributed by atoms with E-state index < -0.39 is 0 Å². The van der Waals surface area contributed by atoms with Crippen LogP contribution in [0.5, 0.6) is 0 Å². The van der Waals surface area contributed by atoms with Crippen LogP contribution in [-0.2, 0) is 6.54 Å². The van der Waals surface area contributed by atoms with Crippen LogP contribution in [0.2, 0.25) is 0 Å². The van der Waals surface area contributed by atoms with E-state index in [0.717, 1.165) is 18.7 Å². The Bertz CT molecular complexity index is 488. The molecule has 2 rings (SSSR count). The molecule has 0 bridgehead atoms. The SMILES string of the molecule is CCC1CN(C)CCCN1Cc1sccc1C#CCCO. The van der Waals surface area contributed by atoms with E-state index in [4.69, 9.17) is 5.11 Å². The third-order valence-corrected chi connectivity index (χ3v) is 4.95. The van der Waals surface area contributed by atoms with Crippen molar-refractivity contribution < 1.29 is 5.11 Å². The summed E-state index contributed by atoms with van der Waals surface area (Å²) in [6.07, 6.45) is 2.99. The van der Waals surface area contributed by atoms with Crippen molar-refractivity contribution in [3.05, 3.63) is 21.9 Å². The molecule has 3 nitrogen and oxygen atoms in total. The minimum absolute atomic E-state index is 0.142. The second-order valence-electron chi connectivity index (χ2n) is 5.68. The minimum atomic E-state index is 0.142. The molecule has 4 heteroatoms. The highest BCUT2D eigenvalue weighted by Gasteiger charge is 2.22. The number of likely N-dealkylation sites (N-methyl/N-ethyl adjacent to an activating group) is 1. The fourth-order valence-electron chi connectivity index (χ4n) is 2.86. The first kappa shape index (κ1) is 16.5. The van der Waals surface area contributed by atoms with E-state index in [1.165, 1.54) is 30.8 Å². The highest BCUT2D eigenvalue weighted by atomic mass is 32.1. The number of rotatable bonds is 4. The molecule has 1 unspecified atom stereocenters. The third kappa shape index (κ3) is 4.82. The Balaban J connectivity index is 2.06. The van der Waals surface area contributed by atoms with Gasteiger partial charge in [-0.2, -0.15) is 0 Å². The zero-order valence-electron chi connectivity index (χ0n) is 13.1. The first-order valence-electron chi connectivity index (χ1n) is 7.83. The summed E-state index contributed by atoms with van der Waals surface area (Å²) in [6, 6.07) is 2.74. The maximum Gasteiger partial charge on any atom is 0.0540 e. The molecule has 0 saturated carbocycles. The molecule has 1 aliphatic rings. The Morgan fingerprint density at radius 1 is 1.43 bits per heavy atom. The van der Waals surface area contributed by atoms with Gasteiger partial charge in [-0.25, -0.2) is 0 Å². The van der Waals surface area contributed by atoms with E-state index in [1.807, 2.05) is 0 Å². The summed E-state index contributed by atoms with van der Waals surface area (Å²) < 4.78 is 0. The number of nitrogens with zero attached hydrogens (tertiary/aromatic N) is 2. The molecule has 0 radical (unpaired) electrons. The molecular weight excluding hydrogens is 280 g/mol. The monoisotopic (exact) mass is 306 g/mol. The van der Waals surface area contributed by atoms with Crippen LogP contribution in [0.15, 0.2) is 11.4 Å². The average Bonchev–Trinajstić information content (AvgIpc) is 2.83. The number of hydrogen-bond acceptors (Lipinski definition) is 4. The molecule has 1 aliphatic heterocycles. The molecule has 2 heterocycles. The summed E-state index contributed by atoms with van der Waals surface area (Å²) in [5.74, 6) is 6.24. The first-order valence-corrected chi connectivity index (χ1v) is 8.71. The van der Waals surface area contributed by atoms with Crippen LogP contribution in [0, 0.1) is 11.8 Å². The fourth-order valence-corrected chi connectivity index (χ4v) is 3.72. The van der Waals surface area contributed by atoms with Crippen LogP contribution in [0.25, 0.3) is 0 Å². The number of aliphatic hydroxyl groups is 1. The number of thiophene rings is 1. The highest BCUT2D eigenvalue weighted by Crippen LogP contribution is 2.22. The van der Waals surface area contributed by atoms with Gasteiger partial charge in [0.15, 0.2) is 0 Å². The predicted octanol–water partition coefficient (Wildman–Crippen LogP) is 2.40. The Kier molecular flexibility index (Phi) is 6.72. The van der Waals surface area contributed by atoms with E-state index in [2.05, 4.69) is 47.1 Å². The molecule has 0 amide bonds. The zero-order chi connectivity index (χ0) is 15.1. The zero-order valence-corrected chi connectivity index (χ0v) is 14.0. The summed E-state index contributed by atoms with van der Waals surface area (Å²) in [5, 5.41) is 11.0. The second kappa shape index (κ2) is 8.55. The van der Waals surface area contributed by atoms with Crippen molar-refractivity contribution >= 4 is 11.3 Å². The van der Waals surface area contributed by atoms with Crippen LogP contribution in [0.3, 0.4) is 0 Å². The molecule has 21 heavy (non-hydrogen) atoms. The van der Waals surface area contributed by atoms with E-state index in [1.54, 1.807) is 11.3 Å². The molecule has 1 aromatic rings. The number of hydrogen-bond donors (Lipinski definition) is 1. The van der Waals surface area contributed by atoms with Gasteiger partial charge in [0, 0.05) is 42.5 Å². The Labute approximate surface area is 132 Å². The van der Waals surface area contributed by atoms with Gasteiger partial charge < -0.3 is 10.0 Å². The quantitative estimate of drug-likeness (QED) is 0.865. The lowest BCUT2D eigenvalue weighted by Crippen LogP contribution is -2.39. The summed E-state index contributed by atoms with van der Waals surface area (Å²) in [4.78, 5) is 6.43. The van der Waals surface area contributed by atoms with Gasteiger partial charge in [0.2, 0.25) is 0 Å². The lowest BCUT2D eigenvalue weighted by atomic mass is 10.1. The smallest absolute Gasteiger partial charge is 0.0540 e. The average molecular weight is 306 g/mol. The van der Waals surface area contributed by atoms with Gasteiger partial charge in [0.1, 0.15) is 0 Å². The van der Waals surface area contributed by atoms with E-state index in [9.17, 15) is 0 Å². The van der Waals surface area contributed by atoms with Crippen LogP contribution in [-0.4, -0.2) is 54.2 Å². The maximum absolute atomic E-state index is 8.84. The summed E-state index contributed by atoms with van der Waals surface area (Å²) in [5.41, 5.74) is 1.14. The van der Waals surface area contributed by atoms with Crippen molar-refractivity contribution in [2.45, 2.75) is 38.8 Å². The number of aliphatic hydroxyl groups excluding tert-OH is 1. The normalized spacial score (nSPS) is 20.8. The lowest BCUT2D eigenvalue weighted by molar-refractivity contribution is 0.177. The Morgan fingerprint density at radius 3 is 3.05 bits per heavy atom. The molecule has 1 saturated heterocycles. The van der Waals surface area contributed by atoms with Crippen molar-refractivity contribution in [3.63, 3.8) is 0 Å². The Hall–Kier alpha value is -0.860. The molecule has 116 valence electrons. The fraction of sp³-hybridized carbons (Fsp3) is 0.647. The van der Waals surface area contributed by atoms with Gasteiger partial charge in [-0.1, -0.05) is 18.8 Å². The molecule has 0 spiro atoms. The summed E-state index contributed by atoms with van der Waals surface area (Å²) in [7, 11) is 2.23. The van der Waals surface area contributed by atoms with Crippen molar-refractivity contribution in [2.24, 2.45) is 0 Å². The van der Waals surface area contributed by atoms with Crippen molar-refractivity contribution in [3.8, 4) is 11.8 Å². The van der Waals surface area contributed by atoms with Crippen molar-refractivity contribution in [1.29, 1.82) is 0 Å². The lowest BCUT2D eigenvalue weighted by Gasteiger charge is -2.29. The van der Waals surface area contributed by atoms with Gasteiger partial charge in [0.05, 0.1) is 6.61 Å². The largest absolute Gasteiger partial charge is 0.395 e. The Morgan fingerprint density at radius 2 is 2.29 bits per heavy atom. The van der Waals surface area contributed by atoms with Gasteiger partial charge in [0.25, 0.3) is 0 Å². The summed E-state index contributed by atoms with van der Waals surface area (Å²) >= 11 is 1.80. The molecule has 0 aliphatic carbocycles. The highest BCUT2D eigenvalue weighted by molar-refractivity contribution is 7.10. The van der Waals surface area contributed by atoms with Gasteiger partial charge in [-0.05, 0) is 37.9 Å². The van der Waals surface area contributed by atoms with Gasteiger partial charge in [-0.15, -0.1) is 11.3 Å². The molecule has 1 N–H and O–H groups in total. The van der Waals surface area contributed by atoms with Crippen LogP contribution in [0.4, 0.5) is 0 Å². The van der Waals surface area contributed by atoms with Crippen LogP contribution >= 0.6 is 11.3 Å². The minimum Gasteiger partial charge on any atom is -0.395 e. The van der Waals surface area contributed by atoms with Crippen molar-refractivity contribution in [2.75, 3.05) is 33.3 Å². The van der Waals surface area contributed by atoms with Gasteiger partial charge in [-0.3, -0.25) is 4.90 Å². The predicted molar refractivity (Wildman–Crippen MR) is 89.5 cm³/mol. The standard InChI is InChI=1S/C17H26N2OS/c1-3-16-13-18(2)9-6-10-19(16)14-17-15(8-12-21-17)7-4-5-11-20/h8,12,16,20H,3,5-6,9-11,13-14H2,1-2H3. The molecule has 0 aromatic carbocycles. The topological polar surface area (TPSA) is 26.7 Å². The third-order valence-electron chi connectivity index (χ3n) is 4.05. The van der Waals surface area contributed by atoms with E-state index >= 15 is 0 Å². The summed E-state index contributed by atoms with van der Waals surface area (Å²) in [6.45, 7) is 6.96. The second-order valence-corrected chi connectivity index (χ2v) is 6.68. The van der Waals surface area contributed by atoms with Crippen LogP contribution < -0.4 is 0 Å². The molecule has 1 aromatic heterocycles. The van der Waals surface area contributed by atoms with E-state index in [-0.39, 0.29) is 6.61 Å². The van der Waals surface area contributed by atoms with E-state index in [0.29, 0.717) is 12.5 Å². The molecular formula is C17H26N2OS. The first-order chi connectivity index (χ1) is 10.2. The van der Waals surface area contributed by atoms with Gasteiger partial charge >= 0.3 is 0 Å². The van der Waals surface area contributed by atoms with Crippen molar-refractivity contribution in [1.82, 2.24) is 9.80 Å². The molecule has 1 atom stereocenters. The maximum atomic E-state index is 8.84.